The Hall–Kier alpha value is -1.82. The zero-order valence-corrected chi connectivity index (χ0v) is 11.4. The monoisotopic (exact) mass is 299 g/mol. The fraction of sp³-hybridized carbons (Fsp3) is 0.400. The van der Waals surface area contributed by atoms with Crippen LogP contribution in [0.4, 0.5) is 13.2 Å². The number of amides is 1. The summed E-state index contributed by atoms with van der Waals surface area (Å²) in [6, 6.07) is 5.04. The van der Waals surface area contributed by atoms with Crippen LogP contribution < -0.4 is 0 Å². The fourth-order valence-corrected chi connectivity index (χ4v) is 2.63. The zero-order valence-electron chi connectivity index (χ0n) is 11.4. The van der Waals surface area contributed by atoms with Crippen LogP contribution in [0.3, 0.4) is 0 Å². The van der Waals surface area contributed by atoms with Crippen molar-refractivity contribution in [1.29, 1.82) is 0 Å². The van der Waals surface area contributed by atoms with Gasteiger partial charge in [0.05, 0.1) is 11.2 Å². The molecule has 114 valence electrons. The molecule has 0 unspecified atom stereocenters. The number of alkyl halides is 3. The van der Waals surface area contributed by atoms with Crippen molar-refractivity contribution >= 4 is 5.91 Å². The minimum atomic E-state index is -4.51. The molecule has 1 N–H and O–H groups in total. The lowest BCUT2D eigenvalue weighted by Crippen LogP contribution is -2.45. The quantitative estimate of drug-likeness (QED) is 0.853. The molecule has 6 heteroatoms. The first-order chi connectivity index (χ1) is 9.78. The number of hydrogen-bond donors (Lipinski definition) is 1. The van der Waals surface area contributed by atoms with Crippen molar-refractivity contribution < 1.29 is 23.1 Å². The predicted molar refractivity (Wildman–Crippen MR) is 71.4 cm³/mol. The average Bonchev–Trinajstić information content (AvgIpc) is 2.46. The highest BCUT2D eigenvalue weighted by Crippen LogP contribution is 2.41. The Bertz CT molecular complexity index is 546. The van der Waals surface area contributed by atoms with E-state index in [9.17, 15) is 23.1 Å². The molecule has 1 aliphatic heterocycles. The average molecular weight is 299 g/mol. The van der Waals surface area contributed by atoms with E-state index in [0.717, 1.165) is 12.1 Å². The predicted octanol–water partition coefficient (Wildman–Crippen LogP) is 2.70. The number of hydrogen-bond acceptors (Lipinski definition) is 2. The van der Waals surface area contributed by atoms with Crippen LogP contribution in [0, 0.1) is 0 Å². The van der Waals surface area contributed by atoms with E-state index in [0.29, 0.717) is 0 Å². The molecule has 1 amide bonds. The summed E-state index contributed by atoms with van der Waals surface area (Å²) in [6.07, 6.45) is -3.21. The van der Waals surface area contributed by atoms with Crippen LogP contribution in [0.1, 0.15) is 24.0 Å². The Morgan fingerprint density at radius 2 is 1.86 bits per heavy atom. The first-order valence-electron chi connectivity index (χ1n) is 6.58. The Morgan fingerprint density at radius 3 is 2.38 bits per heavy atom. The number of nitrogens with zero attached hydrogens (tertiary/aromatic N) is 1. The normalized spacial score (nSPS) is 18.4. The third kappa shape index (κ3) is 3.10. The molecule has 0 spiro atoms. The molecule has 3 nitrogen and oxygen atoms in total. The SMILES string of the molecule is C=CC(=O)N1CCC(O)(c2ccccc2C(F)(F)F)CC1. The van der Waals surface area contributed by atoms with Gasteiger partial charge in [0.15, 0.2) is 0 Å². The van der Waals surface area contributed by atoms with Gasteiger partial charge in [-0.3, -0.25) is 4.79 Å². The van der Waals surface area contributed by atoms with Crippen LogP contribution in [-0.4, -0.2) is 29.0 Å². The highest BCUT2D eigenvalue weighted by molar-refractivity contribution is 5.87. The van der Waals surface area contributed by atoms with E-state index in [1.54, 1.807) is 0 Å². The largest absolute Gasteiger partial charge is 0.416 e. The van der Waals surface area contributed by atoms with Crippen LogP contribution in [0.15, 0.2) is 36.9 Å². The zero-order chi connectivity index (χ0) is 15.7. The number of halogens is 3. The molecule has 1 heterocycles. The Balaban J connectivity index is 2.27. The van der Waals surface area contributed by atoms with E-state index in [1.165, 1.54) is 23.1 Å². The Labute approximate surface area is 120 Å². The maximum atomic E-state index is 13.0. The first-order valence-corrected chi connectivity index (χ1v) is 6.58. The molecule has 2 rings (SSSR count). The molecule has 0 saturated carbocycles. The van der Waals surface area contributed by atoms with Crippen LogP contribution in [0.25, 0.3) is 0 Å². The maximum absolute atomic E-state index is 13.0. The lowest BCUT2D eigenvalue weighted by Gasteiger charge is -2.39. The van der Waals surface area contributed by atoms with Crippen molar-refractivity contribution in [3.8, 4) is 0 Å². The standard InChI is InChI=1S/C15H16F3NO2/c1-2-13(20)19-9-7-14(21,8-10-19)11-5-3-4-6-12(11)15(16,17)18/h2-6,21H,1,7-10H2. The van der Waals surface area contributed by atoms with E-state index in [1.807, 2.05) is 0 Å². The second-order valence-electron chi connectivity index (χ2n) is 5.10. The number of benzene rings is 1. The minimum absolute atomic E-state index is 0.0691. The van der Waals surface area contributed by atoms with Crippen LogP contribution >= 0.6 is 0 Å². The van der Waals surface area contributed by atoms with Crippen molar-refractivity contribution in [3.05, 3.63) is 48.0 Å². The van der Waals surface area contributed by atoms with Crippen molar-refractivity contribution in [2.75, 3.05) is 13.1 Å². The lowest BCUT2D eigenvalue weighted by molar-refractivity contribution is -0.143. The summed E-state index contributed by atoms with van der Waals surface area (Å²) in [5, 5.41) is 10.6. The van der Waals surface area contributed by atoms with Gasteiger partial charge in [-0.1, -0.05) is 24.8 Å². The third-order valence-electron chi connectivity index (χ3n) is 3.81. The summed E-state index contributed by atoms with van der Waals surface area (Å²) >= 11 is 0. The summed E-state index contributed by atoms with van der Waals surface area (Å²) in [4.78, 5) is 13.0. The molecular weight excluding hydrogens is 283 g/mol. The Kier molecular flexibility index (Phi) is 4.09. The fourth-order valence-electron chi connectivity index (χ4n) is 2.63. The van der Waals surface area contributed by atoms with Gasteiger partial charge in [-0.15, -0.1) is 0 Å². The summed E-state index contributed by atoms with van der Waals surface area (Å²) < 4.78 is 39.1. The van der Waals surface area contributed by atoms with Gasteiger partial charge in [0.1, 0.15) is 0 Å². The van der Waals surface area contributed by atoms with E-state index in [4.69, 9.17) is 0 Å². The molecule has 21 heavy (non-hydrogen) atoms. The van der Waals surface area contributed by atoms with E-state index in [2.05, 4.69) is 6.58 Å². The number of carbonyl (C=O) groups is 1. The molecule has 0 aliphatic carbocycles. The van der Waals surface area contributed by atoms with Gasteiger partial charge in [0.25, 0.3) is 0 Å². The van der Waals surface area contributed by atoms with Crippen LogP contribution in [-0.2, 0) is 16.6 Å². The van der Waals surface area contributed by atoms with Crippen LogP contribution in [0.2, 0.25) is 0 Å². The Morgan fingerprint density at radius 1 is 1.29 bits per heavy atom. The van der Waals surface area contributed by atoms with Crippen molar-refractivity contribution in [2.24, 2.45) is 0 Å². The molecular formula is C15H16F3NO2. The third-order valence-corrected chi connectivity index (χ3v) is 3.81. The molecule has 1 aromatic rings. The van der Waals surface area contributed by atoms with Gasteiger partial charge in [-0.25, -0.2) is 0 Å². The lowest BCUT2D eigenvalue weighted by atomic mass is 9.81. The van der Waals surface area contributed by atoms with Gasteiger partial charge >= 0.3 is 6.18 Å². The summed E-state index contributed by atoms with van der Waals surface area (Å²) in [5.74, 6) is -0.277. The minimum Gasteiger partial charge on any atom is -0.385 e. The summed E-state index contributed by atoms with van der Waals surface area (Å²) in [6.45, 7) is 3.78. The summed E-state index contributed by atoms with van der Waals surface area (Å²) in [7, 11) is 0. The van der Waals surface area contributed by atoms with Gasteiger partial charge in [0.2, 0.25) is 5.91 Å². The van der Waals surface area contributed by atoms with E-state index in [-0.39, 0.29) is 37.4 Å². The molecule has 1 aliphatic rings. The number of piperidine rings is 1. The van der Waals surface area contributed by atoms with E-state index >= 15 is 0 Å². The highest BCUT2D eigenvalue weighted by Gasteiger charge is 2.42. The van der Waals surface area contributed by atoms with E-state index < -0.39 is 17.3 Å². The number of rotatable bonds is 2. The van der Waals surface area contributed by atoms with Crippen LogP contribution in [0.5, 0.6) is 0 Å². The summed E-state index contributed by atoms with van der Waals surface area (Å²) in [5.41, 5.74) is -2.51. The molecule has 1 aromatic carbocycles. The topological polar surface area (TPSA) is 40.5 Å². The van der Waals surface area contributed by atoms with Gasteiger partial charge in [0, 0.05) is 13.1 Å². The second kappa shape index (κ2) is 5.52. The molecule has 0 bridgehead atoms. The van der Waals surface area contributed by atoms with Gasteiger partial charge in [-0.05, 0) is 30.5 Å². The highest BCUT2D eigenvalue weighted by atomic mass is 19.4. The van der Waals surface area contributed by atoms with Crippen molar-refractivity contribution in [3.63, 3.8) is 0 Å². The molecule has 1 saturated heterocycles. The molecule has 0 aromatic heterocycles. The smallest absolute Gasteiger partial charge is 0.385 e. The second-order valence-corrected chi connectivity index (χ2v) is 5.10. The van der Waals surface area contributed by atoms with Crippen molar-refractivity contribution in [2.45, 2.75) is 24.6 Å². The number of aliphatic hydroxyl groups is 1. The maximum Gasteiger partial charge on any atom is 0.416 e. The van der Waals surface area contributed by atoms with Gasteiger partial charge < -0.3 is 10.0 Å². The van der Waals surface area contributed by atoms with Gasteiger partial charge in [-0.2, -0.15) is 13.2 Å². The first kappa shape index (κ1) is 15.6. The number of likely N-dealkylation sites (tertiary alicyclic amines) is 1. The number of carbonyl (C=O) groups excluding carboxylic acids is 1. The molecule has 0 atom stereocenters. The molecule has 0 radical (unpaired) electrons. The molecule has 1 fully saturated rings. The van der Waals surface area contributed by atoms with Crippen molar-refractivity contribution in [1.82, 2.24) is 4.90 Å².